The van der Waals surface area contributed by atoms with Gasteiger partial charge in [0.05, 0.1) is 0 Å². The lowest BCUT2D eigenvalue weighted by Crippen LogP contribution is -2.10. The average molecular weight is 1080 g/mol. The summed E-state index contributed by atoms with van der Waals surface area (Å²) in [4.78, 5) is 0. The summed E-state index contributed by atoms with van der Waals surface area (Å²) < 4.78 is 14.1. The average Bonchev–Trinajstić information content (AvgIpc) is 2.18. The number of furan rings is 2. The molecule has 85 heavy (non-hydrogen) atoms. The predicted octanol–water partition coefficient (Wildman–Crippen LogP) is 23.7. The molecule has 0 amide bonds. The number of fused-ring (bicyclic) bond motifs is 16. The van der Waals surface area contributed by atoms with Gasteiger partial charge in [0.25, 0.3) is 0 Å². The summed E-state index contributed by atoms with van der Waals surface area (Å²) in [7, 11) is 0. The van der Waals surface area contributed by atoms with Crippen LogP contribution in [0.3, 0.4) is 0 Å². The lowest BCUT2D eigenvalue weighted by molar-refractivity contribution is 0.633. The molecule has 14 aromatic carbocycles. The lowest BCUT2D eigenvalue weighted by Gasteiger charge is -2.30. The van der Waals surface area contributed by atoms with Crippen LogP contribution in [0.5, 0.6) is 0 Å². The Morgan fingerprint density at radius 3 is 1.34 bits per heavy atom. The molecule has 0 N–H and O–H groups in total. The largest absolute Gasteiger partial charge is 0.452 e. The molecule has 398 valence electrons. The van der Waals surface area contributed by atoms with Crippen LogP contribution in [0.4, 0.5) is 0 Å². The normalized spacial score (nSPS) is 15.2. The van der Waals surface area contributed by atoms with Crippen molar-refractivity contribution in [2.45, 2.75) is 31.6 Å². The van der Waals surface area contributed by atoms with Crippen LogP contribution in [-0.2, 0) is 0 Å². The summed E-state index contributed by atoms with van der Waals surface area (Å²) in [6, 6.07) is 89.4. The van der Waals surface area contributed by atoms with Gasteiger partial charge in [-0.1, -0.05) is 244 Å². The number of hydrogen-bond donors (Lipinski definition) is 0. The molecule has 2 aliphatic carbocycles. The molecule has 0 fully saturated rings. The van der Waals surface area contributed by atoms with Gasteiger partial charge in [-0.2, -0.15) is 0 Å². The second-order valence-electron chi connectivity index (χ2n) is 23.7. The summed E-state index contributed by atoms with van der Waals surface area (Å²) in [6.07, 6.45) is 14.0. The van der Waals surface area contributed by atoms with Crippen molar-refractivity contribution < 1.29 is 8.83 Å². The maximum Gasteiger partial charge on any atom is 0.179 e. The highest BCUT2D eigenvalue weighted by molar-refractivity contribution is 6.34. The fraction of sp³-hybridized carbons (Fsp3) is 0.0602. The maximum atomic E-state index is 7.04. The number of allylic oxidation sites excluding steroid dienone is 5. The molecule has 16 aromatic rings. The summed E-state index contributed by atoms with van der Waals surface area (Å²) in [5, 5.41) is 19.4. The van der Waals surface area contributed by atoms with E-state index in [9.17, 15) is 0 Å². The first-order chi connectivity index (χ1) is 42.1. The summed E-state index contributed by atoms with van der Waals surface area (Å²) in [5.74, 6) is 0.637. The van der Waals surface area contributed by atoms with Gasteiger partial charge in [0.1, 0.15) is 11.2 Å². The number of rotatable bonds is 6. The van der Waals surface area contributed by atoms with Crippen molar-refractivity contribution in [3.8, 4) is 44.5 Å². The lowest BCUT2D eigenvalue weighted by atomic mass is 9.74. The Hall–Kier alpha value is -10.5. The van der Waals surface area contributed by atoms with E-state index in [1.807, 2.05) is 0 Å². The zero-order chi connectivity index (χ0) is 55.9. The Kier molecular flexibility index (Phi) is 10.6. The third-order valence-electron chi connectivity index (χ3n) is 19.0. The SMILES string of the molecule is CC1CC=Cc2c1c(-c1ccc3ccccc3c1)c1ccccc1c2C1C=CC(c2ccc3c(c2)oc2c4oc5cc(-c6ccc(-c7c8ccccc8c(-c8ccc9ccccc9c8)c8ccccc78)cc6)ccc5c4c4ccccc4c32)=CC1. The van der Waals surface area contributed by atoms with Gasteiger partial charge in [0.15, 0.2) is 11.2 Å². The van der Waals surface area contributed by atoms with Crippen molar-refractivity contribution in [1.29, 1.82) is 0 Å². The van der Waals surface area contributed by atoms with Crippen LogP contribution in [0.2, 0.25) is 0 Å². The van der Waals surface area contributed by atoms with Crippen LogP contribution in [0.1, 0.15) is 53.9 Å². The van der Waals surface area contributed by atoms with Crippen molar-refractivity contribution in [1.82, 2.24) is 0 Å². The second-order valence-corrected chi connectivity index (χ2v) is 23.7. The fourth-order valence-electron chi connectivity index (χ4n) is 15.1. The molecule has 0 saturated heterocycles. The molecular weight excluding hydrogens is 1030 g/mol. The molecule has 0 saturated carbocycles. The molecule has 2 nitrogen and oxygen atoms in total. The fourth-order valence-corrected chi connectivity index (χ4v) is 15.1. The molecule has 2 atom stereocenters. The van der Waals surface area contributed by atoms with Crippen LogP contribution in [0.25, 0.3) is 165 Å². The van der Waals surface area contributed by atoms with Crippen LogP contribution in [0.15, 0.2) is 276 Å². The van der Waals surface area contributed by atoms with Crippen molar-refractivity contribution in [3.63, 3.8) is 0 Å². The van der Waals surface area contributed by atoms with Crippen LogP contribution >= 0.6 is 0 Å². The van der Waals surface area contributed by atoms with Gasteiger partial charge in [-0.3, -0.25) is 0 Å². The Labute approximate surface area is 491 Å². The zero-order valence-corrected chi connectivity index (χ0v) is 46.9. The van der Waals surface area contributed by atoms with E-state index < -0.39 is 0 Å². The van der Waals surface area contributed by atoms with Crippen molar-refractivity contribution in [3.05, 3.63) is 289 Å². The van der Waals surface area contributed by atoms with E-state index in [0.717, 1.165) is 84.2 Å². The molecule has 2 unspecified atom stereocenters. The van der Waals surface area contributed by atoms with Crippen molar-refractivity contribution >= 4 is 120 Å². The highest BCUT2D eigenvalue weighted by atomic mass is 16.4. The first-order valence-electron chi connectivity index (χ1n) is 30.0. The monoisotopic (exact) mass is 1080 g/mol. The molecule has 2 heteroatoms. The Morgan fingerprint density at radius 1 is 0.329 bits per heavy atom. The summed E-state index contributed by atoms with van der Waals surface area (Å²) >= 11 is 0. The maximum absolute atomic E-state index is 7.04. The second kappa shape index (κ2) is 18.7. The van der Waals surface area contributed by atoms with Gasteiger partial charge >= 0.3 is 0 Å². The minimum absolute atomic E-state index is 0.234. The Morgan fingerprint density at radius 2 is 0.776 bits per heavy atom. The highest BCUT2D eigenvalue weighted by Crippen LogP contribution is 2.51. The van der Waals surface area contributed by atoms with E-state index in [1.54, 1.807) is 0 Å². The third-order valence-corrected chi connectivity index (χ3v) is 19.0. The molecule has 0 bridgehead atoms. The molecule has 0 radical (unpaired) electrons. The van der Waals surface area contributed by atoms with Crippen LogP contribution in [0, 0.1) is 0 Å². The standard InChI is InChI=1S/C83H54O2/c1-49-15-14-28-72-75(49)79(61-40-34-51-17-3-5-19-57(51)46-61)67-25-11-10-24-66(67)77(72)55-37-31-53(32-38-55)59-42-44-71-74(48-59)85-83-81(71)69-27-13-12-26-68(69)80-70-43-41-58(47-73(70)84-82(80)83)52-29-35-54(36-30-52)76-62-20-6-8-22-64(62)78(65-23-9-7-21-63(65)76)60-39-33-50-16-2-4-18-56(50)45-60/h2-14,16-37,39-49,55H,15,38H2,1H3. The highest BCUT2D eigenvalue weighted by Gasteiger charge is 2.29. The van der Waals surface area contributed by atoms with Gasteiger partial charge in [-0.25, -0.2) is 0 Å². The van der Waals surface area contributed by atoms with Crippen LogP contribution in [-0.4, -0.2) is 0 Å². The van der Waals surface area contributed by atoms with Crippen molar-refractivity contribution in [2.75, 3.05) is 0 Å². The smallest absolute Gasteiger partial charge is 0.179 e. The quantitative estimate of drug-likeness (QED) is 0.155. The number of hydrogen-bond acceptors (Lipinski definition) is 2. The van der Waals surface area contributed by atoms with Gasteiger partial charge in [0, 0.05) is 27.5 Å². The van der Waals surface area contributed by atoms with Gasteiger partial charge < -0.3 is 8.83 Å². The summed E-state index contributed by atoms with van der Waals surface area (Å²) in [5.41, 5.74) is 19.8. The topological polar surface area (TPSA) is 26.3 Å². The molecule has 0 aliphatic heterocycles. The van der Waals surface area contributed by atoms with Gasteiger partial charge in [-0.15, -0.1) is 0 Å². The zero-order valence-electron chi connectivity index (χ0n) is 46.9. The van der Waals surface area contributed by atoms with E-state index >= 15 is 0 Å². The van der Waals surface area contributed by atoms with Gasteiger partial charge in [-0.05, 0) is 192 Å². The Bertz CT molecular complexity index is 5560. The Balaban J connectivity index is 0.695. The first kappa shape index (κ1) is 48.0. The molecule has 2 aliphatic rings. The third kappa shape index (κ3) is 7.38. The predicted molar refractivity (Wildman–Crippen MR) is 361 cm³/mol. The minimum atomic E-state index is 0.234. The molecule has 18 rings (SSSR count). The van der Waals surface area contributed by atoms with Crippen molar-refractivity contribution in [2.24, 2.45) is 0 Å². The first-order valence-corrected chi connectivity index (χ1v) is 30.0. The van der Waals surface area contributed by atoms with E-state index in [-0.39, 0.29) is 5.92 Å². The minimum Gasteiger partial charge on any atom is -0.452 e. The molecule has 2 aromatic heterocycles. The molecule has 0 spiro atoms. The number of benzene rings is 14. The van der Waals surface area contributed by atoms with Crippen LogP contribution < -0.4 is 0 Å². The van der Waals surface area contributed by atoms with E-state index in [1.165, 1.54) is 110 Å². The summed E-state index contributed by atoms with van der Waals surface area (Å²) in [6.45, 7) is 2.41. The molecular formula is C83H54O2. The van der Waals surface area contributed by atoms with Gasteiger partial charge in [0.2, 0.25) is 0 Å². The van der Waals surface area contributed by atoms with E-state index in [4.69, 9.17) is 8.83 Å². The van der Waals surface area contributed by atoms with E-state index in [2.05, 4.69) is 280 Å². The van der Waals surface area contributed by atoms with E-state index in [0.29, 0.717) is 5.92 Å². The molecule has 2 heterocycles.